The van der Waals surface area contributed by atoms with Gasteiger partial charge in [0.15, 0.2) is 5.69 Å². The maximum absolute atomic E-state index is 13.2. The first kappa shape index (κ1) is 20.0. The molecule has 7 heteroatoms. The smallest absolute Gasteiger partial charge is 0.348 e. The molecule has 0 amide bonds. The van der Waals surface area contributed by atoms with Crippen LogP contribution in [-0.4, -0.2) is 25.4 Å². The topological polar surface area (TPSA) is 94.2 Å². The molecule has 0 fully saturated rings. The Hall–Kier alpha value is -4.26. The van der Waals surface area contributed by atoms with Gasteiger partial charge in [0.1, 0.15) is 0 Å². The van der Waals surface area contributed by atoms with E-state index in [1.807, 2.05) is 36.4 Å². The molecule has 4 rings (SSSR count). The minimum atomic E-state index is -1.04. The Morgan fingerprint density at radius 1 is 0.774 bits per heavy atom. The van der Waals surface area contributed by atoms with Crippen molar-refractivity contribution in [3.8, 4) is 11.3 Å². The summed E-state index contributed by atoms with van der Waals surface area (Å²) in [5, 5.41) is 13.4. The molecule has 0 atom stereocenters. The lowest BCUT2D eigenvalue weighted by atomic mass is 10.1. The fourth-order valence-electron chi connectivity index (χ4n) is 3.27. The summed E-state index contributed by atoms with van der Waals surface area (Å²) in [6.07, 6.45) is 0. The van der Waals surface area contributed by atoms with E-state index in [-0.39, 0.29) is 24.3 Å². The molecule has 1 N–H and O–H groups in total. The highest BCUT2D eigenvalue weighted by Crippen LogP contribution is 2.12. The van der Waals surface area contributed by atoms with Crippen LogP contribution in [0.4, 0.5) is 0 Å². The van der Waals surface area contributed by atoms with Gasteiger partial charge in [0, 0.05) is 5.56 Å². The van der Waals surface area contributed by atoms with Crippen LogP contribution in [-0.2, 0) is 13.1 Å². The van der Waals surface area contributed by atoms with Crippen molar-refractivity contribution < 1.29 is 9.90 Å². The van der Waals surface area contributed by atoms with Crippen LogP contribution in [0.5, 0.6) is 0 Å². The monoisotopic (exact) mass is 413 g/mol. The van der Waals surface area contributed by atoms with Gasteiger partial charge in [0.05, 0.1) is 18.7 Å². The SMILES string of the molecule is O=C(O)c1ccc(Cn2c(=O)c(-c3ccccc3)nn(Cc3ccccc3)c2=O)cc1. The van der Waals surface area contributed by atoms with Gasteiger partial charge in [-0.3, -0.25) is 9.36 Å². The predicted octanol–water partition coefficient (Wildman–Crippen LogP) is 2.87. The second-order valence-corrected chi connectivity index (χ2v) is 7.03. The van der Waals surface area contributed by atoms with E-state index in [0.29, 0.717) is 11.1 Å². The van der Waals surface area contributed by atoms with Crippen LogP contribution in [0.3, 0.4) is 0 Å². The molecular formula is C24H19N3O4. The second-order valence-electron chi connectivity index (χ2n) is 7.03. The first-order valence-corrected chi connectivity index (χ1v) is 9.66. The zero-order chi connectivity index (χ0) is 21.8. The summed E-state index contributed by atoms with van der Waals surface area (Å²) in [5.74, 6) is -1.04. The normalized spacial score (nSPS) is 10.7. The number of hydrogen-bond acceptors (Lipinski definition) is 4. The van der Waals surface area contributed by atoms with Crippen molar-refractivity contribution in [2.75, 3.05) is 0 Å². The molecule has 0 aliphatic heterocycles. The molecular weight excluding hydrogens is 394 g/mol. The van der Waals surface area contributed by atoms with Gasteiger partial charge in [-0.1, -0.05) is 72.8 Å². The Bertz CT molecular complexity index is 1330. The van der Waals surface area contributed by atoms with Crippen LogP contribution in [0, 0.1) is 0 Å². The van der Waals surface area contributed by atoms with E-state index in [1.54, 1.807) is 36.4 Å². The third-order valence-electron chi connectivity index (χ3n) is 4.88. The summed E-state index contributed by atoms with van der Waals surface area (Å²) in [7, 11) is 0. The standard InChI is InChI=1S/C24H19N3O4/c28-22-21(19-9-5-2-6-10-19)25-27(16-17-7-3-1-4-8-17)24(31)26(22)15-18-11-13-20(14-12-18)23(29)30/h1-14H,15-16H2,(H,29,30). The highest BCUT2D eigenvalue weighted by molar-refractivity contribution is 5.87. The number of carboxylic acids is 1. The Kier molecular flexibility index (Phi) is 5.57. The number of rotatable bonds is 6. The number of aromatic carboxylic acids is 1. The van der Waals surface area contributed by atoms with Gasteiger partial charge in [0.25, 0.3) is 5.56 Å². The first-order valence-electron chi connectivity index (χ1n) is 9.66. The van der Waals surface area contributed by atoms with Crippen LogP contribution in [0.15, 0.2) is 94.5 Å². The maximum atomic E-state index is 13.2. The Morgan fingerprint density at radius 3 is 1.97 bits per heavy atom. The molecule has 1 heterocycles. The van der Waals surface area contributed by atoms with Crippen molar-refractivity contribution in [3.63, 3.8) is 0 Å². The van der Waals surface area contributed by atoms with Crippen molar-refractivity contribution in [2.24, 2.45) is 0 Å². The van der Waals surface area contributed by atoms with Crippen molar-refractivity contribution in [3.05, 3.63) is 122 Å². The van der Waals surface area contributed by atoms with E-state index in [4.69, 9.17) is 5.11 Å². The molecule has 0 aliphatic carbocycles. The van der Waals surface area contributed by atoms with Gasteiger partial charge in [0.2, 0.25) is 0 Å². The van der Waals surface area contributed by atoms with Gasteiger partial charge >= 0.3 is 11.7 Å². The zero-order valence-corrected chi connectivity index (χ0v) is 16.5. The molecule has 154 valence electrons. The minimum Gasteiger partial charge on any atom is -0.478 e. The van der Waals surface area contributed by atoms with Crippen LogP contribution < -0.4 is 11.2 Å². The van der Waals surface area contributed by atoms with E-state index in [0.717, 1.165) is 10.1 Å². The molecule has 31 heavy (non-hydrogen) atoms. The van der Waals surface area contributed by atoms with Gasteiger partial charge < -0.3 is 5.11 Å². The molecule has 0 saturated carbocycles. The number of carboxylic acid groups (broad SMARTS) is 1. The number of aromatic nitrogens is 3. The summed E-state index contributed by atoms with van der Waals surface area (Å²) in [6, 6.07) is 24.5. The first-order chi connectivity index (χ1) is 15.0. The summed E-state index contributed by atoms with van der Waals surface area (Å²) in [6.45, 7) is 0.229. The van der Waals surface area contributed by atoms with E-state index in [9.17, 15) is 14.4 Å². The highest BCUT2D eigenvalue weighted by atomic mass is 16.4. The summed E-state index contributed by atoms with van der Waals surface area (Å²) >= 11 is 0. The fraction of sp³-hybridized carbons (Fsp3) is 0.0833. The van der Waals surface area contributed by atoms with E-state index >= 15 is 0 Å². The second kappa shape index (κ2) is 8.62. The maximum Gasteiger partial charge on any atom is 0.348 e. The Labute approximate surface area is 177 Å². The molecule has 7 nitrogen and oxygen atoms in total. The molecule has 3 aromatic carbocycles. The minimum absolute atomic E-state index is 0.00864. The van der Waals surface area contributed by atoms with Gasteiger partial charge in [-0.15, -0.1) is 0 Å². The molecule has 0 aliphatic rings. The number of hydrogen-bond donors (Lipinski definition) is 1. The molecule has 4 aromatic rings. The number of carbonyl (C=O) groups is 1. The third-order valence-corrected chi connectivity index (χ3v) is 4.88. The average molecular weight is 413 g/mol. The molecule has 0 bridgehead atoms. The quantitative estimate of drug-likeness (QED) is 0.525. The Morgan fingerprint density at radius 2 is 1.35 bits per heavy atom. The molecule has 0 radical (unpaired) electrons. The van der Waals surface area contributed by atoms with Crippen LogP contribution in [0.25, 0.3) is 11.3 Å². The van der Waals surface area contributed by atoms with Gasteiger partial charge in [-0.25, -0.2) is 14.3 Å². The average Bonchev–Trinajstić information content (AvgIpc) is 2.80. The van der Waals surface area contributed by atoms with Crippen molar-refractivity contribution in [2.45, 2.75) is 13.1 Å². The van der Waals surface area contributed by atoms with Crippen LogP contribution in [0.1, 0.15) is 21.5 Å². The fourth-order valence-corrected chi connectivity index (χ4v) is 3.27. The lowest BCUT2D eigenvalue weighted by Crippen LogP contribution is -2.42. The lowest BCUT2D eigenvalue weighted by Gasteiger charge is -2.13. The van der Waals surface area contributed by atoms with Crippen LogP contribution in [0.2, 0.25) is 0 Å². The van der Waals surface area contributed by atoms with E-state index in [1.165, 1.54) is 16.8 Å². The lowest BCUT2D eigenvalue weighted by molar-refractivity contribution is 0.0697. The third kappa shape index (κ3) is 4.35. The van der Waals surface area contributed by atoms with Crippen molar-refractivity contribution in [1.29, 1.82) is 0 Å². The predicted molar refractivity (Wildman–Crippen MR) is 116 cm³/mol. The molecule has 1 aromatic heterocycles. The number of benzene rings is 3. The summed E-state index contributed by atoms with van der Waals surface area (Å²) in [4.78, 5) is 37.4. The van der Waals surface area contributed by atoms with Crippen LogP contribution >= 0.6 is 0 Å². The molecule has 0 spiro atoms. The largest absolute Gasteiger partial charge is 0.478 e. The Balaban J connectivity index is 1.82. The highest BCUT2D eigenvalue weighted by Gasteiger charge is 2.16. The zero-order valence-electron chi connectivity index (χ0n) is 16.5. The van der Waals surface area contributed by atoms with E-state index < -0.39 is 17.2 Å². The van der Waals surface area contributed by atoms with E-state index in [2.05, 4.69) is 5.10 Å². The van der Waals surface area contributed by atoms with Gasteiger partial charge in [-0.2, -0.15) is 5.10 Å². The summed E-state index contributed by atoms with van der Waals surface area (Å²) in [5.41, 5.74) is 1.42. The molecule has 0 saturated heterocycles. The van der Waals surface area contributed by atoms with Gasteiger partial charge in [-0.05, 0) is 23.3 Å². The van der Waals surface area contributed by atoms with Crippen molar-refractivity contribution >= 4 is 5.97 Å². The molecule has 0 unspecified atom stereocenters. The number of nitrogens with zero attached hydrogens (tertiary/aromatic N) is 3. The van der Waals surface area contributed by atoms with Crippen molar-refractivity contribution in [1.82, 2.24) is 14.3 Å². The summed E-state index contributed by atoms with van der Waals surface area (Å²) < 4.78 is 2.42.